The van der Waals surface area contributed by atoms with E-state index in [0.717, 1.165) is 50.0 Å². The average molecular weight is 400 g/mol. The molecule has 1 amide bonds. The minimum absolute atomic E-state index is 0.123. The van der Waals surface area contributed by atoms with Gasteiger partial charge in [-0.05, 0) is 29.8 Å². The van der Waals surface area contributed by atoms with Crippen LogP contribution in [0.2, 0.25) is 0 Å². The van der Waals surface area contributed by atoms with E-state index in [-0.39, 0.29) is 5.91 Å². The van der Waals surface area contributed by atoms with Gasteiger partial charge >= 0.3 is 0 Å². The predicted octanol–water partition coefficient (Wildman–Crippen LogP) is 2.87. The predicted molar refractivity (Wildman–Crippen MR) is 117 cm³/mol. The van der Waals surface area contributed by atoms with E-state index in [4.69, 9.17) is 4.74 Å². The highest BCUT2D eigenvalue weighted by molar-refractivity contribution is 7.98. The largest absolute Gasteiger partial charge is 0.497 e. The van der Waals surface area contributed by atoms with Crippen molar-refractivity contribution in [1.82, 2.24) is 10.2 Å². The zero-order valence-electron chi connectivity index (χ0n) is 16.5. The van der Waals surface area contributed by atoms with E-state index in [1.165, 1.54) is 11.3 Å². The Morgan fingerprint density at radius 3 is 2.43 bits per heavy atom. The standard InChI is InChI=1S/C22H29N3O2S/c1-27-21-9-7-20(8-10-21)25-14-12-24(13-15-25)17-22(26)23-11-16-28-18-19-5-3-2-4-6-19/h2-10H,11-18H2,1H3,(H,23,26). The van der Waals surface area contributed by atoms with Crippen LogP contribution in [-0.4, -0.2) is 62.9 Å². The SMILES string of the molecule is COc1ccc(N2CCN(CC(=O)NCCSCc3ccccc3)CC2)cc1. The zero-order chi connectivity index (χ0) is 19.6. The number of ether oxygens (including phenoxy) is 1. The molecule has 0 aliphatic carbocycles. The van der Waals surface area contributed by atoms with E-state index in [2.05, 4.69) is 51.5 Å². The number of amides is 1. The highest BCUT2D eigenvalue weighted by Gasteiger charge is 2.19. The van der Waals surface area contributed by atoms with Gasteiger partial charge in [0, 0.05) is 49.9 Å². The number of rotatable bonds is 9. The number of carbonyl (C=O) groups is 1. The Bertz CT molecular complexity index is 716. The minimum Gasteiger partial charge on any atom is -0.497 e. The van der Waals surface area contributed by atoms with Crippen LogP contribution < -0.4 is 15.0 Å². The maximum absolute atomic E-state index is 12.2. The molecule has 28 heavy (non-hydrogen) atoms. The van der Waals surface area contributed by atoms with Crippen LogP contribution in [0.1, 0.15) is 5.56 Å². The van der Waals surface area contributed by atoms with E-state index < -0.39 is 0 Å². The molecule has 3 rings (SSSR count). The van der Waals surface area contributed by atoms with Gasteiger partial charge in [0.1, 0.15) is 5.75 Å². The van der Waals surface area contributed by atoms with Crippen molar-refractivity contribution in [3.05, 3.63) is 60.2 Å². The quantitative estimate of drug-likeness (QED) is 0.657. The molecule has 0 bridgehead atoms. The number of piperazine rings is 1. The monoisotopic (exact) mass is 399 g/mol. The third-order valence-corrected chi connectivity index (χ3v) is 5.89. The Labute approximate surface area is 172 Å². The second-order valence-electron chi connectivity index (χ2n) is 6.85. The highest BCUT2D eigenvalue weighted by atomic mass is 32.2. The molecule has 0 aromatic heterocycles. The molecule has 0 spiro atoms. The van der Waals surface area contributed by atoms with Gasteiger partial charge in [-0.1, -0.05) is 30.3 Å². The summed E-state index contributed by atoms with van der Waals surface area (Å²) in [5.41, 5.74) is 2.54. The van der Waals surface area contributed by atoms with Crippen LogP contribution >= 0.6 is 11.8 Å². The van der Waals surface area contributed by atoms with Crippen LogP contribution in [0.4, 0.5) is 5.69 Å². The van der Waals surface area contributed by atoms with Crippen LogP contribution in [-0.2, 0) is 10.5 Å². The second kappa shape index (κ2) is 11.0. The molecule has 0 atom stereocenters. The number of anilines is 1. The normalized spacial score (nSPS) is 14.7. The summed E-state index contributed by atoms with van der Waals surface area (Å²) in [6.07, 6.45) is 0. The summed E-state index contributed by atoms with van der Waals surface area (Å²) in [7, 11) is 1.68. The lowest BCUT2D eigenvalue weighted by Gasteiger charge is -2.35. The maximum atomic E-state index is 12.2. The molecule has 0 radical (unpaired) electrons. The number of thioether (sulfide) groups is 1. The zero-order valence-corrected chi connectivity index (χ0v) is 17.3. The van der Waals surface area contributed by atoms with E-state index in [1.54, 1.807) is 7.11 Å². The summed E-state index contributed by atoms with van der Waals surface area (Å²) >= 11 is 1.85. The molecule has 1 aliphatic rings. The summed E-state index contributed by atoms with van der Waals surface area (Å²) in [5, 5.41) is 3.04. The molecule has 5 nitrogen and oxygen atoms in total. The fourth-order valence-corrected chi connectivity index (χ4v) is 4.06. The summed E-state index contributed by atoms with van der Waals surface area (Å²) in [5.74, 6) is 2.93. The van der Waals surface area contributed by atoms with Gasteiger partial charge < -0.3 is 15.0 Å². The third-order valence-electron chi connectivity index (χ3n) is 4.86. The minimum atomic E-state index is 0.123. The summed E-state index contributed by atoms with van der Waals surface area (Å²) in [6.45, 7) is 4.89. The number of nitrogens with zero attached hydrogens (tertiary/aromatic N) is 2. The first-order chi connectivity index (χ1) is 13.7. The molecular formula is C22H29N3O2S. The molecule has 1 fully saturated rings. The average Bonchev–Trinajstić information content (AvgIpc) is 2.75. The third kappa shape index (κ3) is 6.46. The second-order valence-corrected chi connectivity index (χ2v) is 7.95. The van der Waals surface area contributed by atoms with E-state index in [0.29, 0.717) is 6.54 Å². The first-order valence-corrected chi connectivity index (χ1v) is 10.9. The van der Waals surface area contributed by atoms with Gasteiger partial charge in [0.2, 0.25) is 5.91 Å². The van der Waals surface area contributed by atoms with Crippen molar-refractivity contribution in [3.8, 4) is 5.75 Å². The fraction of sp³-hybridized carbons (Fsp3) is 0.409. The van der Waals surface area contributed by atoms with Crippen LogP contribution in [0.15, 0.2) is 54.6 Å². The van der Waals surface area contributed by atoms with Crippen molar-refractivity contribution in [2.75, 3.05) is 57.0 Å². The Morgan fingerprint density at radius 1 is 1.04 bits per heavy atom. The lowest BCUT2D eigenvalue weighted by atomic mass is 10.2. The van der Waals surface area contributed by atoms with E-state index in [9.17, 15) is 4.79 Å². The Kier molecular flexibility index (Phi) is 8.06. The smallest absolute Gasteiger partial charge is 0.234 e. The molecular weight excluding hydrogens is 370 g/mol. The van der Waals surface area contributed by atoms with Gasteiger partial charge in [0.05, 0.1) is 13.7 Å². The first kappa shape index (κ1) is 20.6. The summed E-state index contributed by atoms with van der Waals surface area (Å²) in [4.78, 5) is 16.8. The van der Waals surface area contributed by atoms with Crippen molar-refractivity contribution in [3.63, 3.8) is 0 Å². The lowest BCUT2D eigenvalue weighted by molar-refractivity contribution is -0.122. The van der Waals surface area contributed by atoms with Gasteiger partial charge in [-0.15, -0.1) is 0 Å². The molecule has 1 heterocycles. The molecule has 0 unspecified atom stereocenters. The van der Waals surface area contributed by atoms with Crippen LogP contribution in [0.25, 0.3) is 0 Å². The van der Waals surface area contributed by atoms with Gasteiger partial charge in [0.15, 0.2) is 0 Å². The van der Waals surface area contributed by atoms with Crippen molar-refractivity contribution in [1.29, 1.82) is 0 Å². The van der Waals surface area contributed by atoms with Crippen LogP contribution in [0, 0.1) is 0 Å². The van der Waals surface area contributed by atoms with Crippen molar-refractivity contribution in [2.24, 2.45) is 0 Å². The highest BCUT2D eigenvalue weighted by Crippen LogP contribution is 2.20. The number of hydrogen-bond donors (Lipinski definition) is 1. The molecule has 2 aromatic carbocycles. The number of benzene rings is 2. The Hall–Kier alpha value is -2.18. The summed E-state index contributed by atoms with van der Waals surface area (Å²) < 4.78 is 5.21. The number of methoxy groups -OCH3 is 1. The maximum Gasteiger partial charge on any atom is 0.234 e. The topological polar surface area (TPSA) is 44.8 Å². The molecule has 0 saturated carbocycles. The van der Waals surface area contributed by atoms with Crippen molar-refractivity contribution in [2.45, 2.75) is 5.75 Å². The summed E-state index contributed by atoms with van der Waals surface area (Å²) in [6, 6.07) is 18.6. The molecule has 1 N–H and O–H groups in total. The van der Waals surface area contributed by atoms with Gasteiger partial charge in [0.25, 0.3) is 0 Å². The fourth-order valence-electron chi connectivity index (χ4n) is 3.24. The Morgan fingerprint density at radius 2 is 1.75 bits per heavy atom. The molecule has 1 aliphatic heterocycles. The number of nitrogens with one attached hydrogen (secondary N) is 1. The van der Waals surface area contributed by atoms with Gasteiger partial charge in [-0.2, -0.15) is 11.8 Å². The number of hydrogen-bond acceptors (Lipinski definition) is 5. The number of carbonyl (C=O) groups excluding carboxylic acids is 1. The van der Waals surface area contributed by atoms with E-state index >= 15 is 0 Å². The van der Waals surface area contributed by atoms with E-state index in [1.807, 2.05) is 30.0 Å². The first-order valence-electron chi connectivity index (χ1n) is 9.74. The molecule has 150 valence electrons. The Balaban J connectivity index is 1.29. The van der Waals surface area contributed by atoms with Crippen molar-refractivity contribution >= 4 is 23.4 Å². The van der Waals surface area contributed by atoms with Gasteiger partial charge in [-0.25, -0.2) is 0 Å². The van der Waals surface area contributed by atoms with Crippen molar-refractivity contribution < 1.29 is 9.53 Å². The lowest BCUT2D eigenvalue weighted by Crippen LogP contribution is -2.49. The molecule has 6 heteroatoms. The molecule has 1 saturated heterocycles. The van der Waals surface area contributed by atoms with Gasteiger partial charge in [-0.3, -0.25) is 9.69 Å². The van der Waals surface area contributed by atoms with Crippen LogP contribution in [0.5, 0.6) is 5.75 Å². The van der Waals surface area contributed by atoms with Crippen LogP contribution in [0.3, 0.4) is 0 Å². The molecule has 2 aromatic rings.